The molecule has 1 aromatic carbocycles. The summed E-state index contributed by atoms with van der Waals surface area (Å²) in [4.78, 5) is 2.51. The van der Waals surface area contributed by atoms with E-state index < -0.39 is 0 Å². The lowest BCUT2D eigenvalue weighted by atomic mass is 10.1. The maximum absolute atomic E-state index is 13.0. The van der Waals surface area contributed by atoms with Crippen molar-refractivity contribution in [3.05, 3.63) is 34.6 Å². The second kappa shape index (κ2) is 6.69. The summed E-state index contributed by atoms with van der Waals surface area (Å²) in [6, 6.07) is 5.26. The number of halogens is 2. The van der Waals surface area contributed by atoms with Crippen LogP contribution in [0.25, 0.3) is 0 Å². The van der Waals surface area contributed by atoms with Crippen molar-refractivity contribution in [3.8, 4) is 0 Å². The molecule has 0 amide bonds. The molecule has 2 atom stereocenters. The van der Waals surface area contributed by atoms with Crippen molar-refractivity contribution in [2.24, 2.45) is 0 Å². The Morgan fingerprint density at radius 1 is 1.32 bits per heavy atom. The number of nitrogens with zero attached hydrogens (tertiary/aromatic N) is 1. The van der Waals surface area contributed by atoms with E-state index in [0.717, 1.165) is 12.1 Å². The minimum Gasteiger partial charge on any atom is -0.309 e. The number of benzene rings is 1. The van der Waals surface area contributed by atoms with Gasteiger partial charge in [0.1, 0.15) is 5.82 Å². The van der Waals surface area contributed by atoms with Crippen LogP contribution in [-0.4, -0.2) is 30.6 Å². The molecule has 1 heterocycles. The maximum Gasteiger partial charge on any atom is 0.124 e. The van der Waals surface area contributed by atoms with E-state index >= 15 is 0 Å². The third-order valence-electron chi connectivity index (χ3n) is 3.91. The average Bonchev–Trinajstić information content (AvgIpc) is 2.89. The molecule has 1 aliphatic heterocycles. The number of hydrogen-bond acceptors (Lipinski definition) is 2. The van der Waals surface area contributed by atoms with Gasteiger partial charge in [0.15, 0.2) is 0 Å². The molecule has 0 aromatic heterocycles. The summed E-state index contributed by atoms with van der Waals surface area (Å²) >= 11 is 6.08. The van der Waals surface area contributed by atoms with Crippen molar-refractivity contribution in [2.75, 3.05) is 19.6 Å². The fraction of sp³-hybridized carbons (Fsp3) is 0.600. The van der Waals surface area contributed by atoms with Gasteiger partial charge in [-0.2, -0.15) is 0 Å². The van der Waals surface area contributed by atoms with Gasteiger partial charge in [-0.15, -0.1) is 0 Å². The lowest BCUT2D eigenvalue weighted by Crippen LogP contribution is -2.39. The van der Waals surface area contributed by atoms with Crippen LogP contribution in [0.1, 0.15) is 38.3 Å². The molecule has 1 N–H and O–H groups in total. The lowest BCUT2D eigenvalue weighted by molar-refractivity contribution is 0.247. The van der Waals surface area contributed by atoms with Crippen LogP contribution in [0.2, 0.25) is 5.02 Å². The predicted octanol–water partition coefficient (Wildman–Crippen LogP) is 3.61. The van der Waals surface area contributed by atoms with Gasteiger partial charge in [0, 0.05) is 23.7 Å². The van der Waals surface area contributed by atoms with Gasteiger partial charge in [0.2, 0.25) is 0 Å². The molecule has 0 radical (unpaired) electrons. The van der Waals surface area contributed by atoms with Crippen LogP contribution in [-0.2, 0) is 0 Å². The highest BCUT2D eigenvalue weighted by atomic mass is 35.5. The molecule has 0 spiro atoms. The Hall–Kier alpha value is -0.640. The summed E-state index contributed by atoms with van der Waals surface area (Å²) in [5, 5.41) is 3.98. The number of rotatable bonds is 5. The van der Waals surface area contributed by atoms with E-state index in [1.165, 1.54) is 38.1 Å². The first-order valence-corrected chi connectivity index (χ1v) is 7.38. The zero-order chi connectivity index (χ0) is 13.8. The third-order valence-corrected chi connectivity index (χ3v) is 4.24. The Bertz CT molecular complexity index is 419. The first kappa shape index (κ1) is 14.8. The Kier molecular flexibility index (Phi) is 5.20. The van der Waals surface area contributed by atoms with E-state index in [1.807, 2.05) is 0 Å². The third kappa shape index (κ3) is 3.91. The van der Waals surface area contributed by atoms with Gasteiger partial charge in [-0.25, -0.2) is 4.39 Å². The zero-order valence-corrected chi connectivity index (χ0v) is 12.4. The second-order valence-corrected chi connectivity index (χ2v) is 5.80. The quantitative estimate of drug-likeness (QED) is 0.888. The summed E-state index contributed by atoms with van der Waals surface area (Å²) in [5.41, 5.74) is 0.955. The van der Waals surface area contributed by atoms with E-state index in [0.29, 0.717) is 11.1 Å². The molecule has 1 fully saturated rings. The number of nitrogens with one attached hydrogen (secondary N) is 1. The van der Waals surface area contributed by atoms with E-state index in [4.69, 9.17) is 11.6 Å². The summed E-state index contributed by atoms with van der Waals surface area (Å²) in [6.07, 6.45) is 2.62. The van der Waals surface area contributed by atoms with E-state index in [-0.39, 0.29) is 11.9 Å². The van der Waals surface area contributed by atoms with E-state index in [2.05, 4.69) is 24.1 Å². The Balaban J connectivity index is 1.88. The minimum atomic E-state index is -0.286. The van der Waals surface area contributed by atoms with Gasteiger partial charge in [-0.3, -0.25) is 4.90 Å². The second-order valence-electron chi connectivity index (χ2n) is 5.39. The summed E-state index contributed by atoms with van der Waals surface area (Å²) in [6.45, 7) is 7.64. The van der Waals surface area contributed by atoms with Crippen molar-refractivity contribution in [3.63, 3.8) is 0 Å². The Morgan fingerprint density at radius 3 is 2.63 bits per heavy atom. The predicted molar refractivity (Wildman–Crippen MR) is 78.1 cm³/mol. The normalized spacial score (nSPS) is 19.6. The smallest absolute Gasteiger partial charge is 0.124 e. The van der Waals surface area contributed by atoms with Crippen molar-refractivity contribution in [1.29, 1.82) is 0 Å². The molecule has 19 heavy (non-hydrogen) atoms. The van der Waals surface area contributed by atoms with E-state index in [1.54, 1.807) is 6.07 Å². The highest BCUT2D eigenvalue weighted by Gasteiger charge is 2.19. The van der Waals surface area contributed by atoms with Gasteiger partial charge in [-0.05, 0) is 57.5 Å². The molecular weight excluding hydrogens is 263 g/mol. The molecule has 2 unspecified atom stereocenters. The molecule has 1 aromatic rings. The molecule has 4 heteroatoms. The fourth-order valence-electron chi connectivity index (χ4n) is 2.62. The molecule has 1 saturated heterocycles. The monoisotopic (exact) mass is 284 g/mol. The summed E-state index contributed by atoms with van der Waals surface area (Å²) < 4.78 is 13.0. The van der Waals surface area contributed by atoms with Gasteiger partial charge in [0.25, 0.3) is 0 Å². The highest BCUT2D eigenvalue weighted by molar-refractivity contribution is 6.31. The van der Waals surface area contributed by atoms with Crippen LogP contribution >= 0.6 is 11.6 Å². The van der Waals surface area contributed by atoms with Crippen molar-refractivity contribution in [2.45, 2.75) is 38.8 Å². The number of hydrogen-bond donors (Lipinski definition) is 1. The number of likely N-dealkylation sites (tertiary alicyclic amines) is 1. The maximum atomic E-state index is 13.0. The Morgan fingerprint density at radius 2 is 2.00 bits per heavy atom. The molecule has 1 aliphatic rings. The standard InChI is InChI=1S/C15H22ClFN2/c1-11(19-7-3-4-8-19)10-18-12(2)14-6-5-13(17)9-15(14)16/h5-6,9,11-12,18H,3-4,7-8,10H2,1-2H3. The van der Waals surface area contributed by atoms with Gasteiger partial charge in [0.05, 0.1) is 0 Å². The zero-order valence-electron chi connectivity index (χ0n) is 11.6. The van der Waals surface area contributed by atoms with Gasteiger partial charge in [-0.1, -0.05) is 17.7 Å². The molecule has 106 valence electrons. The van der Waals surface area contributed by atoms with Crippen LogP contribution in [0.5, 0.6) is 0 Å². The largest absolute Gasteiger partial charge is 0.309 e. The van der Waals surface area contributed by atoms with Crippen molar-refractivity contribution >= 4 is 11.6 Å². The fourth-order valence-corrected chi connectivity index (χ4v) is 2.95. The molecule has 2 rings (SSSR count). The topological polar surface area (TPSA) is 15.3 Å². The molecule has 0 bridgehead atoms. The highest BCUT2D eigenvalue weighted by Crippen LogP contribution is 2.23. The lowest BCUT2D eigenvalue weighted by Gasteiger charge is -2.26. The minimum absolute atomic E-state index is 0.137. The van der Waals surface area contributed by atoms with E-state index in [9.17, 15) is 4.39 Å². The molecular formula is C15H22ClFN2. The SMILES string of the molecule is CC(NCC(C)N1CCCC1)c1ccc(F)cc1Cl. The molecule has 0 saturated carbocycles. The van der Waals surface area contributed by atoms with Crippen molar-refractivity contribution in [1.82, 2.24) is 10.2 Å². The van der Waals surface area contributed by atoms with Crippen molar-refractivity contribution < 1.29 is 4.39 Å². The summed E-state index contributed by atoms with van der Waals surface area (Å²) in [5.74, 6) is -0.286. The Labute approximate surface area is 119 Å². The van der Waals surface area contributed by atoms with Crippen LogP contribution in [0.4, 0.5) is 4.39 Å². The average molecular weight is 285 g/mol. The van der Waals surface area contributed by atoms with Crippen LogP contribution in [0.3, 0.4) is 0 Å². The van der Waals surface area contributed by atoms with Crippen LogP contribution in [0.15, 0.2) is 18.2 Å². The van der Waals surface area contributed by atoms with Crippen LogP contribution < -0.4 is 5.32 Å². The van der Waals surface area contributed by atoms with Crippen LogP contribution in [0, 0.1) is 5.82 Å². The first-order valence-electron chi connectivity index (χ1n) is 7.00. The summed E-state index contributed by atoms with van der Waals surface area (Å²) in [7, 11) is 0. The molecule has 2 nitrogen and oxygen atoms in total. The van der Waals surface area contributed by atoms with Gasteiger partial charge < -0.3 is 5.32 Å². The van der Waals surface area contributed by atoms with Gasteiger partial charge >= 0.3 is 0 Å². The first-order chi connectivity index (χ1) is 9.08. The molecule has 0 aliphatic carbocycles.